The Bertz CT molecular complexity index is 947. The summed E-state index contributed by atoms with van der Waals surface area (Å²) in [6.07, 6.45) is -0.726. The number of nitro groups is 1. The number of alkyl carbamates (subject to hydrolysis) is 1. The van der Waals surface area contributed by atoms with Crippen molar-refractivity contribution in [3.05, 3.63) is 75.8 Å². The molecule has 10 nitrogen and oxygen atoms in total. The molecule has 2 rings (SSSR count). The summed E-state index contributed by atoms with van der Waals surface area (Å²) in [5.74, 6) is -1.67. The minimum absolute atomic E-state index is 0.0440. The number of primary amides is 1. The van der Waals surface area contributed by atoms with Crippen molar-refractivity contribution in [3.8, 4) is 0 Å². The third-order valence-corrected chi connectivity index (χ3v) is 4.68. The van der Waals surface area contributed by atoms with E-state index in [0.29, 0.717) is 5.56 Å². The van der Waals surface area contributed by atoms with Gasteiger partial charge in [0.05, 0.1) is 4.92 Å². The van der Waals surface area contributed by atoms with Crippen LogP contribution in [-0.4, -0.2) is 34.9 Å². The second-order valence-corrected chi connectivity index (χ2v) is 7.52. The van der Waals surface area contributed by atoms with E-state index in [1.807, 2.05) is 18.2 Å². The van der Waals surface area contributed by atoms with Crippen molar-refractivity contribution in [1.29, 1.82) is 0 Å². The average molecular weight is 442 g/mol. The molecule has 0 fully saturated rings. The van der Waals surface area contributed by atoms with Crippen molar-refractivity contribution in [3.63, 3.8) is 0 Å². The molecule has 10 heteroatoms. The summed E-state index contributed by atoms with van der Waals surface area (Å²) < 4.78 is 5.16. The summed E-state index contributed by atoms with van der Waals surface area (Å²) >= 11 is 0. The molecule has 0 saturated heterocycles. The lowest BCUT2D eigenvalue weighted by Gasteiger charge is -2.24. The first-order valence-corrected chi connectivity index (χ1v) is 9.97. The summed E-state index contributed by atoms with van der Waals surface area (Å²) in [5, 5.41) is 15.8. The van der Waals surface area contributed by atoms with Crippen molar-refractivity contribution < 1.29 is 24.0 Å². The third-order valence-electron chi connectivity index (χ3n) is 4.68. The molecule has 0 aliphatic heterocycles. The fraction of sp³-hybridized carbons (Fsp3) is 0.318. The molecular formula is C22H26N4O6. The number of nitrogens with zero attached hydrogens (tertiary/aromatic N) is 1. The fourth-order valence-electron chi connectivity index (χ4n) is 2.90. The zero-order chi connectivity index (χ0) is 23.7. The molecule has 0 bridgehead atoms. The number of nitrogens with two attached hydrogens (primary N) is 1. The molecule has 2 aromatic rings. The molecule has 0 aliphatic rings. The van der Waals surface area contributed by atoms with E-state index in [0.717, 1.165) is 5.56 Å². The van der Waals surface area contributed by atoms with Crippen molar-refractivity contribution >= 4 is 23.6 Å². The molecule has 0 saturated carbocycles. The van der Waals surface area contributed by atoms with Gasteiger partial charge in [-0.25, -0.2) is 4.79 Å². The second-order valence-electron chi connectivity index (χ2n) is 7.52. The molecule has 0 unspecified atom stereocenters. The Morgan fingerprint density at radius 3 is 2.16 bits per heavy atom. The van der Waals surface area contributed by atoms with Crippen LogP contribution in [-0.2, 0) is 27.4 Å². The summed E-state index contributed by atoms with van der Waals surface area (Å²) in [7, 11) is 0. The molecule has 2 aromatic carbocycles. The highest BCUT2D eigenvalue weighted by Crippen LogP contribution is 2.13. The molecule has 0 spiro atoms. The minimum Gasteiger partial charge on any atom is -0.445 e. The molecule has 0 heterocycles. The molecule has 32 heavy (non-hydrogen) atoms. The third kappa shape index (κ3) is 7.38. The van der Waals surface area contributed by atoms with Gasteiger partial charge in [-0.05, 0) is 17.0 Å². The van der Waals surface area contributed by atoms with Crippen molar-refractivity contribution in [1.82, 2.24) is 10.6 Å². The van der Waals surface area contributed by atoms with Gasteiger partial charge < -0.3 is 21.1 Å². The molecule has 170 valence electrons. The number of carbonyl (C=O) groups is 3. The number of hydrogen-bond acceptors (Lipinski definition) is 6. The molecule has 0 aromatic heterocycles. The number of rotatable bonds is 10. The number of benzene rings is 2. The lowest BCUT2D eigenvalue weighted by molar-refractivity contribution is -0.384. The Balaban J connectivity index is 1.99. The molecular weight excluding hydrogens is 416 g/mol. The molecule has 0 aliphatic carbocycles. The summed E-state index contributed by atoms with van der Waals surface area (Å²) in [6.45, 7) is 3.51. The minimum atomic E-state index is -1.06. The van der Waals surface area contributed by atoms with Crippen LogP contribution in [0.1, 0.15) is 25.0 Å². The smallest absolute Gasteiger partial charge is 0.408 e. The number of nitro benzene ring substituents is 1. The van der Waals surface area contributed by atoms with Gasteiger partial charge in [0.25, 0.3) is 5.69 Å². The SMILES string of the molecule is CC(C)[C@H](NC(=O)OCc1ccccc1)C(=O)N[C@H](Cc1ccc([N+](=O)[O-])cc1)C(N)=O. The highest BCUT2D eigenvalue weighted by Gasteiger charge is 2.28. The standard InChI is InChI=1S/C22H26N4O6/c1-14(2)19(25-22(29)32-13-16-6-4-3-5-7-16)21(28)24-18(20(23)27)12-15-8-10-17(11-9-15)26(30)31/h3-11,14,18-19H,12-13H2,1-2H3,(H2,23,27)(H,24,28)(H,25,29)/t18-,19+/m1/s1. The Labute approximate surface area is 185 Å². The van der Waals surface area contributed by atoms with E-state index in [4.69, 9.17) is 10.5 Å². The maximum Gasteiger partial charge on any atom is 0.408 e. The Morgan fingerprint density at radius 2 is 1.62 bits per heavy atom. The van der Waals surface area contributed by atoms with Crippen LogP contribution in [0.4, 0.5) is 10.5 Å². The highest BCUT2D eigenvalue weighted by atomic mass is 16.6. The Kier molecular flexibility index (Phi) is 8.70. The predicted molar refractivity (Wildman–Crippen MR) is 116 cm³/mol. The molecule has 4 N–H and O–H groups in total. The summed E-state index contributed by atoms with van der Waals surface area (Å²) in [6, 6.07) is 12.6. The zero-order valence-electron chi connectivity index (χ0n) is 17.8. The molecule has 2 atom stereocenters. The Morgan fingerprint density at radius 1 is 1.00 bits per heavy atom. The first-order valence-electron chi connectivity index (χ1n) is 9.97. The quantitative estimate of drug-likeness (QED) is 0.378. The lowest BCUT2D eigenvalue weighted by atomic mass is 10.0. The zero-order valence-corrected chi connectivity index (χ0v) is 17.8. The first-order chi connectivity index (χ1) is 15.2. The number of carbonyl (C=O) groups excluding carboxylic acids is 3. The van der Waals surface area contributed by atoms with Crippen molar-refractivity contribution in [2.45, 2.75) is 39.0 Å². The number of ether oxygens (including phenoxy) is 1. The van der Waals surface area contributed by atoms with Gasteiger partial charge in [-0.3, -0.25) is 19.7 Å². The van der Waals surface area contributed by atoms with Gasteiger partial charge >= 0.3 is 6.09 Å². The highest BCUT2D eigenvalue weighted by molar-refractivity contribution is 5.91. The first kappa shape index (κ1) is 24.3. The molecule has 0 radical (unpaired) electrons. The monoisotopic (exact) mass is 442 g/mol. The summed E-state index contributed by atoms with van der Waals surface area (Å²) in [5.41, 5.74) is 6.71. The topological polar surface area (TPSA) is 154 Å². The predicted octanol–water partition coefficient (Wildman–Crippen LogP) is 2.06. The van der Waals surface area contributed by atoms with Crippen LogP contribution >= 0.6 is 0 Å². The van der Waals surface area contributed by atoms with Crippen molar-refractivity contribution in [2.24, 2.45) is 11.7 Å². The Hall–Kier alpha value is -3.95. The number of nitrogens with one attached hydrogen (secondary N) is 2. The van der Waals surface area contributed by atoms with E-state index in [1.54, 1.807) is 26.0 Å². The average Bonchev–Trinajstić information content (AvgIpc) is 2.76. The maximum atomic E-state index is 12.8. The van der Waals surface area contributed by atoms with Crippen LogP contribution in [0, 0.1) is 16.0 Å². The van der Waals surface area contributed by atoms with Gasteiger partial charge in [0.15, 0.2) is 0 Å². The lowest BCUT2D eigenvalue weighted by Crippen LogP contribution is -2.55. The van der Waals surface area contributed by atoms with Crippen LogP contribution in [0.3, 0.4) is 0 Å². The fourth-order valence-corrected chi connectivity index (χ4v) is 2.90. The second kappa shape index (κ2) is 11.4. The number of amides is 3. The maximum absolute atomic E-state index is 12.8. The van der Waals surface area contributed by atoms with Crippen LogP contribution < -0.4 is 16.4 Å². The van der Waals surface area contributed by atoms with Crippen LogP contribution in [0.5, 0.6) is 0 Å². The van der Waals surface area contributed by atoms with E-state index in [2.05, 4.69) is 10.6 Å². The van der Waals surface area contributed by atoms with Crippen LogP contribution in [0.2, 0.25) is 0 Å². The van der Waals surface area contributed by atoms with Crippen molar-refractivity contribution in [2.75, 3.05) is 0 Å². The van der Waals surface area contributed by atoms with E-state index < -0.39 is 34.9 Å². The normalized spacial score (nSPS) is 12.5. The van der Waals surface area contributed by atoms with Gasteiger partial charge in [0.1, 0.15) is 18.7 Å². The van der Waals surface area contributed by atoms with Crippen LogP contribution in [0.25, 0.3) is 0 Å². The van der Waals surface area contributed by atoms with E-state index in [9.17, 15) is 24.5 Å². The number of hydrogen-bond donors (Lipinski definition) is 3. The van der Waals surface area contributed by atoms with E-state index >= 15 is 0 Å². The number of non-ortho nitro benzene ring substituents is 1. The van der Waals surface area contributed by atoms with Crippen LogP contribution in [0.15, 0.2) is 54.6 Å². The molecule has 3 amide bonds. The van der Waals surface area contributed by atoms with Gasteiger partial charge in [-0.1, -0.05) is 56.3 Å². The van der Waals surface area contributed by atoms with E-state index in [1.165, 1.54) is 24.3 Å². The largest absolute Gasteiger partial charge is 0.445 e. The van der Waals surface area contributed by atoms with Gasteiger partial charge in [0.2, 0.25) is 11.8 Å². The van der Waals surface area contributed by atoms with Gasteiger partial charge in [0, 0.05) is 18.6 Å². The van der Waals surface area contributed by atoms with Gasteiger partial charge in [-0.15, -0.1) is 0 Å². The van der Waals surface area contributed by atoms with E-state index in [-0.39, 0.29) is 24.6 Å². The summed E-state index contributed by atoms with van der Waals surface area (Å²) in [4.78, 5) is 47.1. The van der Waals surface area contributed by atoms with Gasteiger partial charge in [-0.2, -0.15) is 0 Å².